The van der Waals surface area contributed by atoms with Gasteiger partial charge in [-0.1, -0.05) is 72.9 Å². The van der Waals surface area contributed by atoms with Gasteiger partial charge in [-0.05, 0) is 42.2 Å². The largest absolute Gasteiger partial charge is 0.354 e. The van der Waals surface area contributed by atoms with Crippen LogP contribution in [0.5, 0.6) is 0 Å². The Morgan fingerprint density at radius 2 is 1.66 bits per heavy atom. The number of hydrogen-bond donors (Lipinski definition) is 1. The van der Waals surface area contributed by atoms with Crippen LogP contribution in [-0.4, -0.2) is 29.3 Å². The van der Waals surface area contributed by atoms with Crippen molar-refractivity contribution in [3.63, 3.8) is 0 Å². The zero-order chi connectivity index (χ0) is 21.6. The minimum atomic E-state index is -0.653. The van der Waals surface area contributed by atoms with Gasteiger partial charge in [-0.2, -0.15) is 0 Å². The summed E-state index contributed by atoms with van der Waals surface area (Å²) in [6, 6.07) is 11.7. The van der Waals surface area contributed by atoms with Crippen molar-refractivity contribution in [1.29, 1.82) is 0 Å². The highest BCUT2D eigenvalue weighted by atomic mass is 35.5. The summed E-state index contributed by atoms with van der Waals surface area (Å²) >= 11 is 18.3. The van der Waals surface area contributed by atoms with Gasteiger partial charge in [-0.25, -0.2) is 0 Å². The fourth-order valence-corrected chi connectivity index (χ4v) is 3.29. The predicted molar refractivity (Wildman–Crippen MR) is 119 cm³/mol. The third-order valence-corrected chi connectivity index (χ3v) is 5.60. The molecule has 7 heteroatoms. The molecule has 2 amide bonds. The molecule has 0 unspecified atom stereocenters. The molecule has 2 rings (SSSR count). The summed E-state index contributed by atoms with van der Waals surface area (Å²) < 4.78 is 0. The van der Waals surface area contributed by atoms with Gasteiger partial charge in [0.15, 0.2) is 0 Å². The van der Waals surface area contributed by atoms with Crippen LogP contribution in [0, 0.1) is 5.92 Å². The van der Waals surface area contributed by atoms with Crippen molar-refractivity contribution in [3.05, 3.63) is 68.7 Å². The first-order valence-electron chi connectivity index (χ1n) is 9.43. The maximum absolute atomic E-state index is 13.1. The van der Waals surface area contributed by atoms with E-state index in [9.17, 15) is 9.59 Å². The van der Waals surface area contributed by atoms with Crippen molar-refractivity contribution in [2.45, 2.75) is 39.8 Å². The van der Waals surface area contributed by atoms with E-state index in [1.165, 1.54) is 0 Å². The molecule has 0 spiro atoms. The fraction of sp³-hybridized carbons (Fsp3) is 0.364. The normalized spacial score (nSPS) is 12.0. The lowest BCUT2D eigenvalue weighted by molar-refractivity contribution is -0.140. The van der Waals surface area contributed by atoms with Crippen LogP contribution in [0.4, 0.5) is 0 Å². The lowest BCUT2D eigenvalue weighted by atomic mass is 10.1. The molecule has 4 nitrogen and oxygen atoms in total. The van der Waals surface area contributed by atoms with Gasteiger partial charge in [0.05, 0.1) is 16.5 Å². The zero-order valence-corrected chi connectivity index (χ0v) is 19.0. The minimum absolute atomic E-state index is 0.100. The summed E-state index contributed by atoms with van der Waals surface area (Å²) in [4.78, 5) is 27.3. The van der Waals surface area contributed by atoms with E-state index in [2.05, 4.69) is 5.32 Å². The smallest absolute Gasteiger partial charge is 0.242 e. The van der Waals surface area contributed by atoms with Crippen molar-refractivity contribution in [2.75, 3.05) is 6.54 Å². The van der Waals surface area contributed by atoms with Crippen LogP contribution < -0.4 is 5.32 Å². The number of halogens is 3. The van der Waals surface area contributed by atoms with E-state index in [-0.39, 0.29) is 24.8 Å². The van der Waals surface area contributed by atoms with Crippen molar-refractivity contribution in [3.8, 4) is 0 Å². The predicted octanol–water partition coefficient (Wildman–Crippen LogP) is 5.38. The van der Waals surface area contributed by atoms with Gasteiger partial charge >= 0.3 is 0 Å². The highest BCUT2D eigenvalue weighted by Crippen LogP contribution is 2.24. The Morgan fingerprint density at radius 3 is 2.28 bits per heavy atom. The molecule has 0 bridgehead atoms. The molecular formula is C22H25Cl3N2O2. The Balaban J connectivity index is 2.24. The summed E-state index contributed by atoms with van der Waals surface area (Å²) in [5, 5.41) is 4.26. The quantitative estimate of drug-likeness (QED) is 0.581. The second kappa shape index (κ2) is 10.9. The standard InChI is InChI=1S/C22H25Cl3N2O2/c1-14(2)12-26-22(29)15(3)27(13-17-6-4-5-7-18(17)23)21(28)11-16-8-9-19(24)20(25)10-16/h4-10,14-15H,11-13H2,1-3H3,(H,26,29)/t15-/m0/s1. The molecule has 0 aliphatic heterocycles. The number of rotatable bonds is 8. The van der Waals surface area contributed by atoms with Crippen molar-refractivity contribution in [1.82, 2.24) is 10.2 Å². The second-order valence-corrected chi connectivity index (χ2v) is 8.57. The molecular weight excluding hydrogens is 431 g/mol. The number of nitrogens with zero attached hydrogens (tertiary/aromatic N) is 1. The summed E-state index contributed by atoms with van der Waals surface area (Å²) in [6.07, 6.45) is 0.100. The molecule has 0 fully saturated rings. The van der Waals surface area contributed by atoms with Gasteiger partial charge in [0.2, 0.25) is 11.8 Å². The number of carbonyl (C=O) groups is 2. The van der Waals surface area contributed by atoms with Gasteiger partial charge in [-0.3, -0.25) is 9.59 Å². The Kier molecular flexibility index (Phi) is 8.81. The summed E-state index contributed by atoms with van der Waals surface area (Å²) in [7, 11) is 0. The molecule has 1 atom stereocenters. The van der Waals surface area contributed by atoms with Gasteiger partial charge < -0.3 is 10.2 Å². The lowest BCUT2D eigenvalue weighted by Gasteiger charge is -2.29. The molecule has 156 valence electrons. The molecule has 0 heterocycles. The molecule has 0 aliphatic carbocycles. The zero-order valence-electron chi connectivity index (χ0n) is 16.7. The average molecular weight is 456 g/mol. The Morgan fingerprint density at radius 1 is 0.966 bits per heavy atom. The third kappa shape index (κ3) is 6.91. The van der Waals surface area contributed by atoms with Crippen molar-refractivity contribution >= 4 is 46.6 Å². The van der Waals surface area contributed by atoms with Gasteiger partial charge in [0.25, 0.3) is 0 Å². The first-order valence-corrected chi connectivity index (χ1v) is 10.6. The molecule has 2 aromatic rings. The van der Waals surface area contributed by atoms with Crippen molar-refractivity contribution < 1.29 is 9.59 Å². The first-order chi connectivity index (χ1) is 13.7. The van der Waals surface area contributed by atoms with Crippen molar-refractivity contribution in [2.24, 2.45) is 5.92 Å². The number of amides is 2. The second-order valence-electron chi connectivity index (χ2n) is 7.35. The number of hydrogen-bond acceptors (Lipinski definition) is 2. The van der Waals surface area contributed by atoms with E-state index in [0.29, 0.717) is 27.5 Å². The van der Waals surface area contributed by atoms with Crippen LogP contribution in [0.2, 0.25) is 15.1 Å². The lowest BCUT2D eigenvalue weighted by Crippen LogP contribution is -2.48. The van der Waals surface area contributed by atoms with Gasteiger partial charge in [0, 0.05) is 18.1 Å². The molecule has 1 N–H and O–H groups in total. The van der Waals surface area contributed by atoms with E-state index >= 15 is 0 Å². The maximum atomic E-state index is 13.1. The van der Waals surface area contributed by atoms with Crippen LogP contribution >= 0.6 is 34.8 Å². The molecule has 0 saturated heterocycles. The van der Waals surface area contributed by atoms with Crippen LogP contribution in [0.3, 0.4) is 0 Å². The van der Waals surface area contributed by atoms with E-state index in [4.69, 9.17) is 34.8 Å². The van der Waals surface area contributed by atoms with E-state index in [0.717, 1.165) is 11.1 Å². The monoisotopic (exact) mass is 454 g/mol. The fourth-order valence-electron chi connectivity index (χ4n) is 2.77. The molecule has 0 radical (unpaired) electrons. The highest BCUT2D eigenvalue weighted by Gasteiger charge is 2.26. The van der Waals surface area contributed by atoms with E-state index in [1.807, 2.05) is 32.0 Å². The van der Waals surface area contributed by atoms with E-state index < -0.39 is 6.04 Å². The summed E-state index contributed by atoms with van der Waals surface area (Å²) in [6.45, 7) is 6.53. The van der Waals surface area contributed by atoms with Crippen LogP contribution in [-0.2, 0) is 22.6 Å². The maximum Gasteiger partial charge on any atom is 0.242 e. The molecule has 2 aromatic carbocycles. The topological polar surface area (TPSA) is 49.4 Å². The molecule has 29 heavy (non-hydrogen) atoms. The number of nitrogens with one attached hydrogen (secondary N) is 1. The SMILES string of the molecule is CC(C)CNC(=O)[C@H](C)N(Cc1ccccc1Cl)C(=O)Cc1ccc(Cl)c(Cl)c1. The average Bonchev–Trinajstić information content (AvgIpc) is 2.67. The summed E-state index contributed by atoms with van der Waals surface area (Å²) in [5.41, 5.74) is 1.50. The Bertz CT molecular complexity index is 871. The first kappa shape index (κ1) is 23.5. The molecule has 0 aromatic heterocycles. The number of carbonyl (C=O) groups excluding carboxylic acids is 2. The third-order valence-electron chi connectivity index (χ3n) is 4.49. The Hall–Kier alpha value is -1.75. The molecule has 0 aliphatic rings. The van der Waals surface area contributed by atoms with Gasteiger partial charge in [-0.15, -0.1) is 0 Å². The highest BCUT2D eigenvalue weighted by molar-refractivity contribution is 6.42. The van der Waals surface area contributed by atoms with Crippen LogP contribution in [0.1, 0.15) is 31.9 Å². The van der Waals surface area contributed by atoms with Crippen LogP contribution in [0.15, 0.2) is 42.5 Å². The Labute approximate surface area is 187 Å². The van der Waals surface area contributed by atoms with E-state index in [1.54, 1.807) is 36.1 Å². The minimum Gasteiger partial charge on any atom is -0.354 e. The van der Waals surface area contributed by atoms with Gasteiger partial charge in [0.1, 0.15) is 6.04 Å². The number of benzene rings is 2. The van der Waals surface area contributed by atoms with Crippen LogP contribution in [0.25, 0.3) is 0 Å². The molecule has 0 saturated carbocycles. The summed E-state index contributed by atoms with van der Waals surface area (Å²) in [5.74, 6) is -0.0844.